The molecule has 0 amide bonds. The summed E-state index contributed by atoms with van der Waals surface area (Å²) in [6, 6.07) is 0. The maximum Gasteiger partial charge on any atom is 0.305 e. The molecule has 0 rings (SSSR count). The molecule has 0 saturated heterocycles. The molecule has 0 saturated carbocycles. The molecule has 0 aromatic rings. The summed E-state index contributed by atoms with van der Waals surface area (Å²) in [5, 5.41) is 0. The van der Waals surface area contributed by atoms with Crippen molar-refractivity contribution in [3.05, 3.63) is 12.2 Å². The lowest BCUT2D eigenvalue weighted by Gasteiger charge is -2.12. The van der Waals surface area contributed by atoms with Crippen molar-refractivity contribution in [2.24, 2.45) is 0 Å². The van der Waals surface area contributed by atoms with Gasteiger partial charge in [0.05, 0.1) is 0 Å². The molecule has 15 heavy (non-hydrogen) atoms. The molecule has 0 aliphatic heterocycles. The molecule has 0 bridgehead atoms. The van der Waals surface area contributed by atoms with Crippen molar-refractivity contribution in [3.63, 3.8) is 0 Å². The number of hydrogen-bond acceptors (Lipinski definition) is 4. The number of allylic oxidation sites excluding steroid dienone is 1. The molecule has 0 aliphatic carbocycles. The molecular weight excluding hydrogens is 196 g/mol. The van der Waals surface area contributed by atoms with E-state index in [0.717, 1.165) is 19.3 Å². The van der Waals surface area contributed by atoms with Crippen LogP contribution >= 0.6 is 0 Å². The summed E-state index contributed by atoms with van der Waals surface area (Å²) in [5.74, 6) is -0.942. The van der Waals surface area contributed by atoms with Crippen molar-refractivity contribution in [2.45, 2.75) is 46.3 Å². The van der Waals surface area contributed by atoms with Gasteiger partial charge in [0, 0.05) is 13.8 Å². The van der Waals surface area contributed by atoms with Crippen LogP contribution in [0.1, 0.15) is 40.0 Å². The van der Waals surface area contributed by atoms with Crippen LogP contribution in [0.2, 0.25) is 0 Å². The fourth-order valence-electron chi connectivity index (χ4n) is 0.959. The van der Waals surface area contributed by atoms with E-state index in [0.29, 0.717) is 0 Å². The molecule has 0 aromatic heterocycles. The van der Waals surface area contributed by atoms with Gasteiger partial charge in [0.1, 0.15) is 0 Å². The third-order valence-corrected chi connectivity index (χ3v) is 1.58. The van der Waals surface area contributed by atoms with Crippen molar-refractivity contribution in [1.82, 2.24) is 0 Å². The van der Waals surface area contributed by atoms with Gasteiger partial charge in [-0.05, 0) is 12.5 Å². The topological polar surface area (TPSA) is 52.6 Å². The van der Waals surface area contributed by atoms with Gasteiger partial charge in [-0.1, -0.05) is 25.8 Å². The first-order chi connectivity index (χ1) is 7.06. The second-order valence-electron chi connectivity index (χ2n) is 3.16. The number of esters is 2. The van der Waals surface area contributed by atoms with Crippen LogP contribution in [-0.4, -0.2) is 18.2 Å². The van der Waals surface area contributed by atoms with Crippen LogP contribution in [0.3, 0.4) is 0 Å². The molecule has 4 nitrogen and oxygen atoms in total. The summed E-state index contributed by atoms with van der Waals surface area (Å²) >= 11 is 0. The minimum Gasteiger partial charge on any atom is -0.421 e. The van der Waals surface area contributed by atoms with Crippen LogP contribution in [0.15, 0.2) is 12.2 Å². The summed E-state index contributed by atoms with van der Waals surface area (Å²) in [6.07, 6.45) is 5.57. The first kappa shape index (κ1) is 13.7. The average Bonchev–Trinajstić information content (AvgIpc) is 2.10. The zero-order valence-corrected chi connectivity index (χ0v) is 9.49. The van der Waals surface area contributed by atoms with Gasteiger partial charge in [0.25, 0.3) is 6.29 Å². The highest BCUT2D eigenvalue weighted by molar-refractivity contribution is 5.68. The normalized spacial score (nSPS) is 10.7. The van der Waals surface area contributed by atoms with Gasteiger partial charge in [0.15, 0.2) is 0 Å². The van der Waals surface area contributed by atoms with Crippen LogP contribution in [0, 0.1) is 0 Å². The van der Waals surface area contributed by atoms with Crippen molar-refractivity contribution >= 4 is 11.9 Å². The van der Waals surface area contributed by atoms with E-state index in [1.165, 1.54) is 13.8 Å². The van der Waals surface area contributed by atoms with Gasteiger partial charge < -0.3 is 9.47 Å². The van der Waals surface area contributed by atoms with Crippen LogP contribution < -0.4 is 0 Å². The third kappa shape index (κ3) is 9.00. The monoisotopic (exact) mass is 214 g/mol. The standard InChI is InChI=1S/C11H18O4/c1-4-5-6-7-8-11(14-9(2)12)15-10(3)13/h7-8,11H,4-6H2,1-3H3/b8-7+. The van der Waals surface area contributed by atoms with E-state index in [-0.39, 0.29) is 0 Å². The van der Waals surface area contributed by atoms with Gasteiger partial charge >= 0.3 is 11.9 Å². The predicted octanol–water partition coefficient (Wildman–Crippen LogP) is 2.19. The highest BCUT2D eigenvalue weighted by Gasteiger charge is 2.10. The lowest BCUT2D eigenvalue weighted by atomic mass is 10.2. The Morgan fingerprint density at radius 2 is 1.73 bits per heavy atom. The van der Waals surface area contributed by atoms with E-state index in [1.807, 2.05) is 6.08 Å². The van der Waals surface area contributed by atoms with Crippen molar-refractivity contribution in [3.8, 4) is 0 Å². The highest BCUT2D eigenvalue weighted by Crippen LogP contribution is 2.02. The van der Waals surface area contributed by atoms with Gasteiger partial charge in [0.2, 0.25) is 0 Å². The minimum absolute atomic E-state index is 0.471. The van der Waals surface area contributed by atoms with Crippen LogP contribution in [-0.2, 0) is 19.1 Å². The molecule has 0 atom stereocenters. The van der Waals surface area contributed by atoms with E-state index in [2.05, 4.69) is 6.92 Å². The van der Waals surface area contributed by atoms with E-state index in [4.69, 9.17) is 9.47 Å². The molecule has 86 valence electrons. The Morgan fingerprint density at radius 1 is 1.20 bits per heavy atom. The second-order valence-corrected chi connectivity index (χ2v) is 3.16. The zero-order chi connectivity index (χ0) is 11.7. The summed E-state index contributed by atoms with van der Waals surface area (Å²) in [7, 11) is 0. The molecule has 0 aromatic carbocycles. The minimum atomic E-state index is -0.892. The van der Waals surface area contributed by atoms with Crippen molar-refractivity contribution < 1.29 is 19.1 Å². The number of carbonyl (C=O) groups excluding carboxylic acids is 2. The van der Waals surface area contributed by atoms with Gasteiger partial charge in [-0.3, -0.25) is 9.59 Å². The molecule has 4 heteroatoms. The SMILES string of the molecule is CCCC/C=C/C(OC(C)=O)OC(C)=O. The Bertz CT molecular complexity index is 217. The van der Waals surface area contributed by atoms with Crippen molar-refractivity contribution in [1.29, 1.82) is 0 Å². The summed E-state index contributed by atoms with van der Waals surface area (Å²) in [4.78, 5) is 21.4. The molecule has 0 fully saturated rings. The lowest BCUT2D eigenvalue weighted by molar-refractivity contribution is -0.176. The van der Waals surface area contributed by atoms with Crippen molar-refractivity contribution in [2.75, 3.05) is 0 Å². The van der Waals surface area contributed by atoms with Crippen LogP contribution in [0.4, 0.5) is 0 Å². The quantitative estimate of drug-likeness (QED) is 0.294. The predicted molar refractivity (Wildman–Crippen MR) is 56.0 cm³/mol. The fraction of sp³-hybridized carbons (Fsp3) is 0.636. The van der Waals surface area contributed by atoms with Crippen LogP contribution in [0.25, 0.3) is 0 Å². The van der Waals surface area contributed by atoms with E-state index in [1.54, 1.807) is 6.08 Å². The van der Waals surface area contributed by atoms with Gasteiger partial charge in [-0.15, -0.1) is 0 Å². The lowest BCUT2D eigenvalue weighted by Crippen LogP contribution is -2.20. The number of rotatable bonds is 6. The average molecular weight is 214 g/mol. The number of hydrogen-bond donors (Lipinski definition) is 0. The van der Waals surface area contributed by atoms with E-state index < -0.39 is 18.2 Å². The summed E-state index contributed by atoms with van der Waals surface area (Å²) in [6.45, 7) is 4.64. The molecule has 0 unspecified atom stereocenters. The Labute approximate surface area is 90.2 Å². The number of carbonyl (C=O) groups is 2. The first-order valence-electron chi connectivity index (χ1n) is 5.07. The Morgan fingerprint density at radius 3 is 2.13 bits per heavy atom. The third-order valence-electron chi connectivity index (χ3n) is 1.58. The molecule has 0 aliphatic rings. The Balaban J connectivity index is 4.05. The smallest absolute Gasteiger partial charge is 0.305 e. The van der Waals surface area contributed by atoms with Gasteiger partial charge in [-0.2, -0.15) is 0 Å². The summed E-state index contributed by atoms with van der Waals surface area (Å²) in [5.41, 5.74) is 0. The molecule has 0 heterocycles. The molecular formula is C11H18O4. The molecule has 0 radical (unpaired) electrons. The second kappa shape index (κ2) is 8.03. The maximum atomic E-state index is 10.7. The van der Waals surface area contributed by atoms with E-state index >= 15 is 0 Å². The van der Waals surface area contributed by atoms with E-state index in [9.17, 15) is 9.59 Å². The molecule has 0 spiro atoms. The highest BCUT2D eigenvalue weighted by atomic mass is 16.7. The zero-order valence-electron chi connectivity index (χ0n) is 9.49. The van der Waals surface area contributed by atoms with Crippen LogP contribution in [0.5, 0.6) is 0 Å². The first-order valence-corrected chi connectivity index (χ1v) is 5.07. The molecule has 0 N–H and O–H groups in total. The fourth-order valence-corrected chi connectivity index (χ4v) is 0.959. The number of ether oxygens (including phenoxy) is 2. The Kier molecular flexibility index (Phi) is 7.32. The number of unbranched alkanes of at least 4 members (excludes halogenated alkanes) is 2. The Hall–Kier alpha value is -1.32. The van der Waals surface area contributed by atoms with Gasteiger partial charge in [-0.25, -0.2) is 0 Å². The largest absolute Gasteiger partial charge is 0.421 e. The summed E-state index contributed by atoms with van der Waals surface area (Å²) < 4.78 is 9.55. The maximum absolute atomic E-state index is 10.7.